The minimum absolute atomic E-state index is 0.408. The minimum atomic E-state index is -0.811. The van der Waals surface area contributed by atoms with E-state index in [1.807, 2.05) is 0 Å². The molecule has 0 heterocycles. The van der Waals surface area contributed by atoms with E-state index in [2.05, 4.69) is 0 Å². The van der Waals surface area contributed by atoms with E-state index in [9.17, 15) is 14.4 Å². The maximum Gasteiger partial charge on any atom is 0.300 e. The Morgan fingerprint density at radius 1 is 1.00 bits per heavy atom. The third-order valence-corrected chi connectivity index (χ3v) is 1.83. The topological polar surface area (TPSA) is 54.5 Å². The van der Waals surface area contributed by atoms with E-state index in [0.29, 0.717) is 5.69 Å². The maximum absolute atomic E-state index is 11.4. The van der Waals surface area contributed by atoms with Gasteiger partial charge in [0.25, 0.3) is 0 Å². The third kappa shape index (κ3) is 2.49. The second-order valence-electron chi connectivity index (χ2n) is 3.05. The average molecular weight is 205 g/mol. The van der Waals surface area contributed by atoms with Gasteiger partial charge < -0.3 is 0 Å². The van der Waals surface area contributed by atoms with Gasteiger partial charge in [-0.05, 0) is 12.1 Å². The van der Waals surface area contributed by atoms with Gasteiger partial charge >= 0.3 is 5.91 Å². The molecule has 0 bridgehead atoms. The fourth-order valence-electron chi connectivity index (χ4n) is 1.18. The van der Waals surface area contributed by atoms with E-state index >= 15 is 0 Å². The molecule has 0 aromatic heterocycles. The van der Waals surface area contributed by atoms with Crippen molar-refractivity contribution in [2.75, 3.05) is 4.90 Å². The highest BCUT2D eigenvalue weighted by molar-refractivity contribution is 6.45. The van der Waals surface area contributed by atoms with Crippen LogP contribution in [0.1, 0.15) is 13.8 Å². The number of hydrogen-bond donors (Lipinski definition) is 0. The van der Waals surface area contributed by atoms with Crippen LogP contribution in [0.5, 0.6) is 0 Å². The van der Waals surface area contributed by atoms with Gasteiger partial charge in [0.05, 0.1) is 5.69 Å². The molecule has 0 radical (unpaired) electrons. The molecule has 0 saturated heterocycles. The number of nitrogens with zero attached hydrogens (tertiary/aromatic N) is 1. The SMILES string of the molecule is CC(=O)C(=O)N(C(C)=O)c1ccccc1. The summed E-state index contributed by atoms with van der Waals surface area (Å²) in [4.78, 5) is 34.5. The van der Waals surface area contributed by atoms with Crippen molar-refractivity contribution in [2.24, 2.45) is 0 Å². The zero-order valence-electron chi connectivity index (χ0n) is 8.56. The molecule has 0 aliphatic heterocycles. The first-order valence-electron chi connectivity index (χ1n) is 4.44. The van der Waals surface area contributed by atoms with Crippen LogP contribution in [0.2, 0.25) is 0 Å². The smallest absolute Gasteiger partial charge is 0.289 e. The van der Waals surface area contributed by atoms with E-state index in [0.717, 1.165) is 11.8 Å². The Morgan fingerprint density at radius 2 is 1.53 bits per heavy atom. The van der Waals surface area contributed by atoms with Crippen LogP contribution in [0.3, 0.4) is 0 Å². The van der Waals surface area contributed by atoms with Crippen LogP contribution in [0.15, 0.2) is 30.3 Å². The van der Waals surface area contributed by atoms with Gasteiger partial charge in [0.15, 0.2) is 0 Å². The van der Waals surface area contributed by atoms with Crippen molar-refractivity contribution in [1.29, 1.82) is 0 Å². The molecule has 2 amide bonds. The highest BCUT2D eigenvalue weighted by Gasteiger charge is 2.23. The van der Waals surface area contributed by atoms with Crippen molar-refractivity contribution in [2.45, 2.75) is 13.8 Å². The van der Waals surface area contributed by atoms with Crippen LogP contribution in [-0.4, -0.2) is 17.6 Å². The van der Waals surface area contributed by atoms with Gasteiger partial charge in [-0.2, -0.15) is 0 Å². The number of imide groups is 1. The molecular weight excluding hydrogens is 194 g/mol. The molecule has 0 atom stereocenters. The lowest BCUT2D eigenvalue weighted by Crippen LogP contribution is -2.39. The number of Topliss-reactive ketones (excluding diaryl/α,β-unsaturated/α-hetero) is 1. The van der Waals surface area contributed by atoms with Crippen LogP contribution in [0.4, 0.5) is 5.69 Å². The molecule has 0 spiro atoms. The van der Waals surface area contributed by atoms with Crippen LogP contribution in [0.25, 0.3) is 0 Å². The van der Waals surface area contributed by atoms with Gasteiger partial charge in [-0.1, -0.05) is 18.2 Å². The summed E-state index contributed by atoms with van der Waals surface area (Å²) in [5.74, 6) is -1.94. The van der Waals surface area contributed by atoms with Gasteiger partial charge in [-0.3, -0.25) is 14.4 Å². The van der Waals surface area contributed by atoms with E-state index in [4.69, 9.17) is 0 Å². The second-order valence-corrected chi connectivity index (χ2v) is 3.05. The zero-order chi connectivity index (χ0) is 11.4. The monoisotopic (exact) mass is 205 g/mol. The predicted molar refractivity (Wildman–Crippen MR) is 55.3 cm³/mol. The van der Waals surface area contributed by atoms with Crippen LogP contribution < -0.4 is 4.90 Å². The summed E-state index contributed by atoms with van der Waals surface area (Å²) in [6.07, 6.45) is 0. The van der Waals surface area contributed by atoms with Crippen molar-refractivity contribution >= 4 is 23.3 Å². The lowest BCUT2D eigenvalue weighted by molar-refractivity contribution is -0.137. The minimum Gasteiger partial charge on any atom is -0.289 e. The highest BCUT2D eigenvalue weighted by Crippen LogP contribution is 2.13. The van der Waals surface area contributed by atoms with Gasteiger partial charge in [0.2, 0.25) is 11.7 Å². The number of amides is 2. The quantitative estimate of drug-likeness (QED) is 0.680. The fourth-order valence-corrected chi connectivity index (χ4v) is 1.18. The molecule has 1 rings (SSSR count). The molecule has 0 aliphatic rings. The summed E-state index contributed by atoms with van der Waals surface area (Å²) >= 11 is 0. The van der Waals surface area contributed by atoms with Crippen molar-refractivity contribution in [3.8, 4) is 0 Å². The summed E-state index contributed by atoms with van der Waals surface area (Å²) < 4.78 is 0. The van der Waals surface area contributed by atoms with E-state index in [1.165, 1.54) is 6.92 Å². The van der Waals surface area contributed by atoms with Crippen LogP contribution >= 0.6 is 0 Å². The predicted octanol–water partition coefficient (Wildman–Crippen LogP) is 1.16. The van der Waals surface area contributed by atoms with Crippen LogP contribution in [0, 0.1) is 0 Å². The number of carbonyl (C=O) groups excluding carboxylic acids is 3. The first kappa shape index (κ1) is 11.1. The van der Waals surface area contributed by atoms with Crippen molar-refractivity contribution < 1.29 is 14.4 Å². The van der Waals surface area contributed by atoms with Crippen molar-refractivity contribution in [3.05, 3.63) is 30.3 Å². The van der Waals surface area contributed by atoms with E-state index in [-0.39, 0.29) is 0 Å². The molecule has 4 nitrogen and oxygen atoms in total. The Labute approximate surface area is 87.5 Å². The third-order valence-electron chi connectivity index (χ3n) is 1.83. The molecule has 4 heteroatoms. The summed E-state index contributed by atoms with van der Waals surface area (Å²) in [6.45, 7) is 2.38. The molecule has 0 saturated carbocycles. The number of para-hydroxylation sites is 1. The number of carbonyl (C=O) groups is 3. The number of hydrogen-bond acceptors (Lipinski definition) is 3. The van der Waals surface area contributed by atoms with E-state index in [1.54, 1.807) is 30.3 Å². The molecular formula is C11H11NO3. The standard InChI is InChI=1S/C11H11NO3/c1-8(13)11(15)12(9(2)14)10-6-4-3-5-7-10/h3-7H,1-2H3. The van der Waals surface area contributed by atoms with Gasteiger partial charge in [0, 0.05) is 13.8 Å². The average Bonchev–Trinajstić information content (AvgIpc) is 2.18. The normalized spacial score (nSPS) is 9.47. The largest absolute Gasteiger partial charge is 0.300 e. The molecule has 1 aromatic carbocycles. The van der Waals surface area contributed by atoms with Crippen molar-refractivity contribution in [3.63, 3.8) is 0 Å². The Hall–Kier alpha value is -1.97. The highest BCUT2D eigenvalue weighted by atomic mass is 16.2. The first-order chi connectivity index (χ1) is 7.04. The van der Waals surface area contributed by atoms with Crippen molar-refractivity contribution in [1.82, 2.24) is 0 Å². The summed E-state index contributed by atoms with van der Waals surface area (Å²) in [6, 6.07) is 8.35. The Morgan fingerprint density at radius 3 is 1.93 bits per heavy atom. The zero-order valence-corrected chi connectivity index (χ0v) is 8.56. The van der Waals surface area contributed by atoms with Gasteiger partial charge in [0.1, 0.15) is 0 Å². The summed E-state index contributed by atoms with van der Waals surface area (Å²) in [5, 5.41) is 0. The Kier molecular flexibility index (Phi) is 3.33. The number of ketones is 1. The molecule has 0 fully saturated rings. The lowest BCUT2D eigenvalue weighted by Gasteiger charge is -2.17. The Bertz CT molecular complexity index is 398. The summed E-state index contributed by atoms with van der Waals surface area (Å²) in [5.41, 5.74) is 0.408. The van der Waals surface area contributed by atoms with E-state index < -0.39 is 17.6 Å². The molecule has 0 aliphatic carbocycles. The number of anilines is 1. The molecule has 0 unspecified atom stereocenters. The number of benzene rings is 1. The molecule has 15 heavy (non-hydrogen) atoms. The fraction of sp³-hybridized carbons (Fsp3) is 0.182. The lowest BCUT2D eigenvalue weighted by atomic mass is 10.2. The first-order valence-corrected chi connectivity index (χ1v) is 4.44. The Balaban J connectivity index is 3.10. The molecule has 1 aromatic rings. The molecule has 78 valence electrons. The van der Waals surface area contributed by atoms with Gasteiger partial charge in [-0.15, -0.1) is 0 Å². The second kappa shape index (κ2) is 4.50. The van der Waals surface area contributed by atoms with Gasteiger partial charge in [-0.25, -0.2) is 4.90 Å². The van der Waals surface area contributed by atoms with Crippen LogP contribution in [-0.2, 0) is 14.4 Å². The number of rotatable bonds is 2. The summed E-state index contributed by atoms with van der Waals surface area (Å²) in [7, 11) is 0. The molecule has 0 N–H and O–H groups in total. The maximum atomic E-state index is 11.4.